The topological polar surface area (TPSA) is 74.7 Å². The summed E-state index contributed by atoms with van der Waals surface area (Å²) in [5.74, 6) is -0.661. The van der Waals surface area contributed by atoms with Gasteiger partial charge in [0.05, 0.1) is 23.5 Å². The third-order valence-electron chi connectivity index (χ3n) is 5.86. The van der Waals surface area contributed by atoms with E-state index in [1.54, 1.807) is 19.1 Å². The molecule has 0 fully saturated rings. The maximum Gasteiger partial charge on any atom is 0.211 e. The second-order valence-corrected chi connectivity index (χ2v) is 11.5. The Kier molecular flexibility index (Phi) is 9.08. The second-order valence-electron chi connectivity index (χ2n) is 8.45. The summed E-state index contributed by atoms with van der Waals surface area (Å²) in [7, 11) is -3.57. The number of thioether (sulfide) groups is 1. The number of benzene rings is 3. The fraction of sp³-hybridized carbons (Fsp3) is 0.296. The Bertz CT molecular complexity index is 1160. The molecule has 0 aromatic heterocycles. The van der Waals surface area contributed by atoms with Gasteiger partial charge in [-0.2, -0.15) is 4.31 Å². The maximum absolute atomic E-state index is 13.3. The molecule has 0 unspecified atom stereocenters. The van der Waals surface area contributed by atoms with Gasteiger partial charge in [-0.3, -0.25) is 4.79 Å². The Hall–Kier alpha value is -2.45. The molecular weight excluding hydrogens is 466 g/mol. The molecule has 0 saturated carbocycles. The van der Waals surface area contributed by atoms with Crippen LogP contribution in [0.5, 0.6) is 0 Å². The van der Waals surface area contributed by atoms with Crippen LogP contribution in [0.1, 0.15) is 41.9 Å². The lowest BCUT2D eigenvalue weighted by molar-refractivity contribution is -0.117. The van der Waals surface area contributed by atoms with E-state index in [9.17, 15) is 18.3 Å². The van der Waals surface area contributed by atoms with E-state index in [-0.39, 0.29) is 11.7 Å². The van der Waals surface area contributed by atoms with E-state index in [0.717, 1.165) is 22.9 Å². The summed E-state index contributed by atoms with van der Waals surface area (Å²) < 4.78 is 27.1. The lowest BCUT2D eigenvalue weighted by atomic mass is 9.99. The summed E-state index contributed by atoms with van der Waals surface area (Å²) in [4.78, 5) is 13.3. The van der Waals surface area contributed by atoms with E-state index in [2.05, 4.69) is 0 Å². The van der Waals surface area contributed by atoms with Crippen molar-refractivity contribution in [1.29, 1.82) is 0 Å². The minimum Gasteiger partial charge on any atom is -0.388 e. The number of hydrogen-bond donors (Lipinski definition) is 1. The van der Waals surface area contributed by atoms with E-state index < -0.39 is 33.3 Å². The standard InChI is InChI=1S/C27H31NO4S2/c1-20(25(29)23-15-9-5-10-16-23)27(30)33-26(24-17-11-6-12-18-24)21(2)28(34(3,31)32)19-22-13-7-4-8-14-22/h4-18,20-21,25-26,29H,19H2,1-3H3/t20-,21+,25+,26+/m0/s1. The number of carbonyl (C=O) groups excluding carboxylic acids is 1. The highest BCUT2D eigenvalue weighted by atomic mass is 32.2. The number of sulfonamides is 1. The van der Waals surface area contributed by atoms with Crippen LogP contribution < -0.4 is 0 Å². The van der Waals surface area contributed by atoms with Crippen molar-refractivity contribution in [2.45, 2.75) is 37.8 Å². The summed E-state index contributed by atoms with van der Waals surface area (Å²) in [6.07, 6.45) is 0.256. The molecule has 0 saturated heterocycles. The van der Waals surface area contributed by atoms with E-state index in [1.807, 2.05) is 85.8 Å². The molecule has 0 spiro atoms. The molecule has 0 heterocycles. The lowest BCUT2D eigenvalue weighted by Gasteiger charge is -2.33. The predicted molar refractivity (Wildman–Crippen MR) is 139 cm³/mol. The zero-order valence-electron chi connectivity index (χ0n) is 19.6. The van der Waals surface area contributed by atoms with Crippen LogP contribution in [-0.4, -0.2) is 35.2 Å². The maximum atomic E-state index is 13.3. The molecule has 0 amide bonds. The van der Waals surface area contributed by atoms with Gasteiger partial charge in [-0.1, -0.05) is 110 Å². The Morgan fingerprint density at radius 1 is 0.853 bits per heavy atom. The number of hydrogen-bond acceptors (Lipinski definition) is 5. The van der Waals surface area contributed by atoms with Gasteiger partial charge in [-0.15, -0.1) is 0 Å². The average molecular weight is 498 g/mol. The smallest absolute Gasteiger partial charge is 0.211 e. The molecule has 180 valence electrons. The predicted octanol–water partition coefficient (Wildman–Crippen LogP) is 5.21. The van der Waals surface area contributed by atoms with Crippen LogP contribution in [0.4, 0.5) is 0 Å². The largest absolute Gasteiger partial charge is 0.388 e. The Balaban J connectivity index is 1.89. The highest BCUT2D eigenvalue weighted by Gasteiger charge is 2.35. The molecule has 0 radical (unpaired) electrons. The van der Waals surface area contributed by atoms with Gasteiger partial charge in [0.2, 0.25) is 10.0 Å². The van der Waals surface area contributed by atoms with Gasteiger partial charge in [0.1, 0.15) is 0 Å². The molecule has 5 nitrogen and oxygen atoms in total. The van der Waals surface area contributed by atoms with E-state index in [1.165, 1.54) is 10.6 Å². The van der Waals surface area contributed by atoms with Crippen LogP contribution in [0, 0.1) is 5.92 Å². The first kappa shape index (κ1) is 26.2. The monoisotopic (exact) mass is 497 g/mol. The molecule has 0 aliphatic heterocycles. The number of aliphatic hydroxyl groups is 1. The Labute approximate surface area is 206 Å². The molecule has 0 aliphatic rings. The zero-order valence-corrected chi connectivity index (χ0v) is 21.2. The minimum atomic E-state index is -3.57. The fourth-order valence-corrected chi connectivity index (χ4v) is 6.28. The van der Waals surface area contributed by atoms with Gasteiger partial charge in [0.15, 0.2) is 5.12 Å². The molecule has 3 rings (SSSR count). The van der Waals surface area contributed by atoms with Gasteiger partial charge < -0.3 is 5.11 Å². The van der Waals surface area contributed by atoms with Crippen LogP contribution in [0.2, 0.25) is 0 Å². The first-order valence-corrected chi connectivity index (χ1v) is 13.9. The highest BCUT2D eigenvalue weighted by molar-refractivity contribution is 8.13. The van der Waals surface area contributed by atoms with Crippen LogP contribution >= 0.6 is 11.8 Å². The van der Waals surface area contributed by atoms with Crippen molar-refractivity contribution in [3.05, 3.63) is 108 Å². The zero-order chi connectivity index (χ0) is 24.7. The number of carbonyl (C=O) groups is 1. The van der Waals surface area contributed by atoms with Crippen LogP contribution in [0.25, 0.3) is 0 Å². The molecule has 0 bridgehead atoms. The quantitative estimate of drug-likeness (QED) is 0.416. The lowest BCUT2D eigenvalue weighted by Crippen LogP contribution is -2.40. The van der Waals surface area contributed by atoms with Crippen molar-refractivity contribution in [3.63, 3.8) is 0 Å². The van der Waals surface area contributed by atoms with Gasteiger partial charge in [0, 0.05) is 12.6 Å². The summed E-state index contributed by atoms with van der Waals surface area (Å²) in [5, 5.41) is 10.1. The van der Waals surface area contributed by atoms with Crippen molar-refractivity contribution in [2.24, 2.45) is 5.92 Å². The molecule has 3 aromatic carbocycles. The number of rotatable bonds is 10. The highest BCUT2D eigenvalue weighted by Crippen LogP contribution is 2.39. The third kappa shape index (κ3) is 6.79. The van der Waals surface area contributed by atoms with E-state index in [0.29, 0.717) is 5.56 Å². The molecule has 4 atom stereocenters. The first-order valence-electron chi connectivity index (χ1n) is 11.2. The van der Waals surface area contributed by atoms with Crippen LogP contribution in [0.15, 0.2) is 91.0 Å². The molecular formula is C27H31NO4S2. The fourth-order valence-electron chi connectivity index (χ4n) is 3.87. The summed E-state index contributed by atoms with van der Waals surface area (Å²) in [5.41, 5.74) is 2.40. The first-order chi connectivity index (χ1) is 16.2. The number of nitrogens with zero attached hydrogens (tertiary/aromatic N) is 1. The minimum absolute atomic E-state index is 0.190. The van der Waals surface area contributed by atoms with Crippen molar-refractivity contribution < 1.29 is 18.3 Å². The summed E-state index contributed by atoms with van der Waals surface area (Å²) in [6, 6.07) is 27.5. The SMILES string of the molecule is C[C@H](C(=O)S[C@@H](c1ccccc1)[C@@H](C)N(Cc1ccccc1)S(C)(=O)=O)[C@@H](O)c1ccccc1. The van der Waals surface area contributed by atoms with Crippen molar-refractivity contribution in [3.8, 4) is 0 Å². The molecule has 1 N–H and O–H groups in total. The van der Waals surface area contributed by atoms with Crippen molar-refractivity contribution >= 4 is 26.9 Å². The molecule has 0 aliphatic carbocycles. The van der Waals surface area contributed by atoms with Crippen LogP contribution in [-0.2, 0) is 21.4 Å². The van der Waals surface area contributed by atoms with Gasteiger partial charge in [-0.25, -0.2) is 8.42 Å². The third-order valence-corrected chi connectivity index (χ3v) is 8.70. The van der Waals surface area contributed by atoms with Gasteiger partial charge >= 0.3 is 0 Å². The summed E-state index contributed by atoms with van der Waals surface area (Å²) in [6.45, 7) is 3.75. The number of aliphatic hydroxyl groups excluding tert-OH is 1. The Morgan fingerprint density at radius 3 is 1.82 bits per heavy atom. The normalized spacial score (nSPS) is 15.4. The van der Waals surface area contributed by atoms with Crippen molar-refractivity contribution in [2.75, 3.05) is 6.26 Å². The summed E-state index contributed by atoms with van der Waals surface area (Å²) >= 11 is 1.09. The van der Waals surface area contributed by atoms with Crippen LogP contribution in [0.3, 0.4) is 0 Å². The van der Waals surface area contributed by atoms with Gasteiger partial charge in [-0.05, 0) is 23.6 Å². The molecule has 34 heavy (non-hydrogen) atoms. The molecule has 7 heteroatoms. The van der Waals surface area contributed by atoms with E-state index in [4.69, 9.17) is 0 Å². The average Bonchev–Trinajstić information content (AvgIpc) is 2.85. The van der Waals surface area contributed by atoms with E-state index >= 15 is 0 Å². The second kappa shape index (κ2) is 11.8. The Morgan fingerprint density at radius 2 is 1.32 bits per heavy atom. The molecule has 3 aromatic rings. The van der Waals surface area contributed by atoms with Crippen molar-refractivity contribution in [1.82, 2.24) is 4.31 Å². The van der Waals surface area contributed by atoms with Gasteiger partial charge in [0.25, 0.3) is 0 Å².